The molecule has 5 nitrogen and oxygen atoms in total. The Kier molecular flexibility index (Phi) is 4.64. The van der Waals surface area contributed by atoms with Gasteiger partial charge in [-0.1, -0.05) is 48.5 Å². The summed E-state index contributed by atoms with van der Waals surface area (Å²) in [6.07, 6.45) is 1.58. The van der Waals surface area contributed by atoms with Crippen molar-refractivity contribution < 1.29 is 14.6 Å². The number of aromatic hydroxyl groups is 1. The average Bonchev–Trinajstić information content (AvgIpc) is 2.73. The van der Waals surface area contributed by atoms with E-state index in [1.165, 1.54) is 0 Å². The van der Waals surface area contributed by atoms with Gasteiger partial charge in [-0.15, -0.1) is 0 Å². The van der Waals surface area contributed by atoms with Crippen molar-refractivity contribution in [1.29, 1.82) is 0 Å². The second-order valence-electron chi connectivity index (χ2n) is 6.32. The largest absolute Gasteiger partial charge is 0.507 e. The summed E-state index contributed by atoms with van der Waals surface area (Å²) in [5, 5.41) is 17.9. The number of phenols is 1. The lowest BCUT2D eigenvalue weighted by atomic mass is 10.0. The van der Waals surface area contributed by atoms with Crippen LogP contribution in [0.25, 0.3) is 21.5 Å². The molecule has 0 unspecified atom stereocenters. The number of carbonyl (C=O) groups is 1. The predicted octanol–water partition coefficient (Wildman–Crippen LogP) is 4.47. The van der Waals surface area contributed by atoms with Crippen LogP contribution in [0.15, 0.2) is 77.9 Å². The normalized spacial score (nSPS) is 11.2. The fraction of sp³-hybridized carbons (Fsp3) is 0.0435. The summed E-state index contributed by atoms with van der Waals surface area (Å²) < 4.78 is 5.39. The summed E-state index contributed by atoms with van der Waals surface area (Å²) >= 11 is 0. The Hall–Kier alpha value is -3.86. The third-order valence-electron chi connectivity index (χ3n) is 4.62. The van der Waals surface area contributed by atoms with Crippen molar-refractivity contribution in [1.82, 2.24) is 5.43 Å². The summed E-state index contributed by atoms with van der Waals surface area (Å²) in [6.45, 7) is 0. The molecule has 0 radical (unpaired) electrons. The Morgan fingerprint density at radius 3 is 2.39 bits per heavy atom. The van der Waals surface area contributed by atoms with Gasteiger partial charge < -0.3 is 9.84 Å². The maximum absolute atomic E-state index is 12.5. The van der Waals surface area contributed by atoms with E-state index in [2.05, 4.69) is 10.5 Å². The highest BCUT2D eigenvalue weighted by molar-refractivity contribution is 6.04. The van der Waals surface area contributed by atoms with E-state index in [0.29, 0.717) is 0 Å². The molecule has 0 saturated carbocycles. The van der Waals surface area contributed by atoms with Crippen molar-refractivity contribution in [2.45, 2.75) is 0 Å². The summed E-state index contributed by atoms with van der Waals surface area (Å²) in [4.78, 5) is 12.5. The van der Waals surface area contributed by atoms with E-state index in [9.17, 15) is 9.90 Å². The number of hydrazone groups is 1. The van der Waals surface area contributed by atoms with Crippen LogP contribution >= 0.6 is 0 Å². The number of amides is 1. The number of hydrogen-bond acceptors (Lipinski definition) is 4. The van der Waals surface area contributed by atoms with Gasteiger partial charge in [0.05, 0.1) is 18.9 Å². The molecule has 0 aliphatic rings. The zero-order valence-corrected chi connectivity index (χ0v) is 15.2. The Morgan fingerprint density at radius 1 is 0.964 bits per heavy atom. The van der Waals surface area contributed by atoms with Crippen molar-refractivity contribution in [3.8, 4) is 11.5 Å². The molecule has 0 heterocycles. The fourth-order valence-electron chi connectivity index (χ4n) is 3.22. The van der Waals surface area contributed by atoms with Crippen molar-refractivity contribution in [3.63, 3.8) is 0 Å². The standard InChI is InChI=1S/C23H18N2O3/c1-28-22-11-10-17(18-8-4-5-9-19(18)22)14-24-25-23(27)20-12-15-6-2-3-7-16(15)13-21(20)26/h2-14,26H,1H3,(H,25,27)/b24-14-. The molecule has 0 spiro atoms. The summed E-state index contributed by atoms with van der Waals surface area (Å²) in [5.41, 5.74) is 3.51. The van der Waals surface area contributed by atoms with E-state index >= 15 is 0 Å². The molecular formula is C23H18N2O3. The van der Waals surface area contributed by atoms with Crippen LogP contribution in [0.5, 0.6) is 11.5 Å². The number of benzene rings is 4. The fourth-order valence-corrected chi connectivity index (χ4v) is 3.22. The molecule has 0 fully saturated rings. The second kappa shape index (κ2) is 7.40. The van der Waals surface area contributed by atoms with Crippen LogP contribution in [0, 0.1) is 0 Å². The molecule has 4 aromatic rings. The molecule has 0 atom stereocenters. The van der Waals surface area contributed by atoms with E-state index in [1.807, 2.05) is 60.7 Å². The first-order valence-electron chi connectivity index (χ1n) is 8.78. The summed E-state index contributed by atoms with van der Waals surface area (Å²) in [6, 6.07) is 22.3. The van der Waals surface area contributed by atoms with Crippen molar-refractivity contribution in [3.05, 3.63) is 83.9 Å². The minimum atomic E-state index is -0.475. The predicted molar refractivity (Wildman–Crippen MR) is 111 cm³/mol. The van der Waals surface area contributed by atoms with Crippen LogP contribution in [0.1, 0.15) is 15.9 Å². The molecule has 2 N–H and O–H groups in total. The van der Waals surface area contributed by atoms with Crippen LogP contribution in [0.3, 0.4) is 0 Å². The summed E-state index contributed by atoms with van der Waals surface area (Å²) in [5.74, 6) is 0.219. The number of nitrogens with one attached hydrogen (secondary N) is 1. The molecule has 4 aromatic carbocycles. The van der Waals surface area contributed by atoms with Gasteiger partial charge in [-0.25, -0.2) is 5.43 Å². The minimum absolute atomic E-state index is 0.0821. The SMILES string of the molecule is COc1ccc(/C=N\NC(=O)c2cc3ccccc3cc2O)c2ccccc12. The van der Waals surface area contributed by atoms with Crippen LogP contribution < -0.4 is 10.2 Å². The smallest absolute Gasteiger partial charge is 0.275 e. The highest BCUT2D eigenvalue weighted by Gasteiger charge is 2.12. The number of ether oxygens (including phenoxy) is 1. The van der Waals surface area contributed by atoms with E-state index in [0.717, 1.165) is 32.9 Å². The van der Waals surface area contributed by atoms with Crippen LogP contribution in [0.2, 0.25) is 0 Å². The zero-order chi connectivity index (χ0) is 19.5. The van der Waals surface area contributed by atoms with Gasteiger partial charge in [0, 0.05) is 10.9 Å². The molecular weight excluding hydrogens is 352 g/mol. The lowest BCUT2D eigenvalue weighted by Gasteiger charge is -2.08. The molecule has 1 amide bonds. The highest BCUT2D eigenvalue weighted by atomic mass is 16.5. The lowest BCUT2D eigenvalue weighted by Crippen LogP contribution is -2.17. The summed E-state index contributed by atoms with van der Waals surface area (Å²) in [7, 11) is 1.63. The first-order valence-corrected chi connectivity index (χ1v) is 8.78. The maximum atomic E-state index is 12.5. The minimum Gasteiger partial charge on any atom is -0.507 e. The first kappa shape index (κ1) is 17.5. The lowest BCUT2D eigenvalue weighted by molar-refractivity contribution is 0.0952. The third-order valence-corrected chi connectivity index (χ3v) is 4.62. The van der Waals surface area contributed by atoms with Crippen molar-refractivity contribution >= 4 is 33.7 Å². The van der Waals surface area contributed by atoms with Gasteiger partial charge in [0.1, 0.15) is 11.5 Å². The number of rotatable bonds is 4. The topological polar surface area (TPSA) is 70.9 Å². The second-order valence-corrected chi connectivity index (χ2v) is 6.32. The maximum Gasteiger partial charge on any atom is 0.275 e. The number of nitrogens with zero attached hydrogens (tertiary/aromatic N) is 1. The molecule has 28 heavy (non-hydrogen) atoms. The molecule has 0 aliphatic heterocycles. The Morgan fingerprint density at radius 2 is 1.64 bits per heavy atom. The van der Waals surface area contributed by atoms with Crippen LogP contribution in [-0.4, -0.2) is 24.3 Å². The Labute approximate surface area is 161 Å². The van der Waals surface area contributed by atoms with Gasteiger partial charge in [0.15, 0.2) is 0 Å². The van der Waals surface area contributed by atoms with Gasteiger partial charge in [0.2, 0.25) is 0 Å². The highest BCUT2D eigenvalue weighted by Crippen LogP contribution is 2.27. The quantitative estimate of drug-likeness (QED) is 0.411. The number of methoxy groups -OCH3 is 1. The van der Waals surface area contributed by atoms with Gasteiger partial charge in [-0.05, 0) is 40.4 Å². The van der Waals surface area contributed by atoms with Crippen molar-refractivity contribution in [2.75, 3.05) is 7.11 Å². The van der Waals surface area contributed by atoms with E-state index in [4.69, 9.17) is 4.74 Å². The van der Waals surface area contributed by atoms with E-state index < -0.39 is 5.91 Å². The molecule has 4 rings (SSSR count). The van der Waals surface area contributed by atoms with Gasteiger partial charge in [-0.3, -0.25) is 4.79 Å². The number of fused-ring (bicyclic) bond motifs is 2. The molecule has 0 saturated heterocycles. The first-order chi connectivity index (χ1) is 13.7. The zero-order valence-electron chi connectivity index (χ0n) is 15.2. The number of phenolic OH excluding ortho intramolecular Hbond substituents is 1. The van der Waals surface area contributed by atoms with E-state index in [-0.39, 0.29) is 11.3 Å². The number of carbonyl (C=O) groups excluding carboxylic acids is 1. The van der Waals surface area contributed by atoms with Crippen molar-refractivity contribution in [2.24, 2.45) is 5.10 Å². The molecule has 5 heteroatoms. The number of hydrogen-bond donors (Lipinski definition) is 2. The van der Waals surface area contributed by atoms with Crippen LogP contribution in [-0.2, 0) is 0 Å². The van der Waals surface area contributed by atoms with Gasteiger partial charge >= 0.3 is 0 Å². The monoisotopic (exact) mass is 370 g/mol. The molecule has 0 aliphatic carbocycles. The molecule has 138 valence electrons. The van der Waals surface area contributed by atoms with Gasteiger partial charge in [0.25, 0.3) is 5.91 Å². The third kappa shape index (κ3) is 3.25. The Balaban J connectivity index is 1.60. The molecule has 0 aromatic heterocycles. The molecule has 0 bridgehead atoms. The Bertz CT molecular complexity index is 1220. The average molecular weight is 370 g/mol. The van der Waals surface area contributed by atoms with Gasteiger partial charge in [-0.2, -0.15) is 5.10 Å². The van der Waals surface area contributed by atoms with E-state index in [1.54, 1.807) is 25.5 Å². The van der Waals surface area contributed by atoms with Crippen LogP contribution in [0.4, 0.5) is 0 Å².